The third-order valence-corrected chi connectivity index (χ3v) is 2.01. The van der Waals surface area contributed by atoms with Crippen LogP contribution in [0.3, 0.4) is 0 Å². The summed E-state index contributed by atoms with van der Waals surface area (Å²) in [5.41, 5.74) is 0. The number of rotatable bonds is 2. The van der Waals surface area contributed by atoms with Gasteiger partial charge in [0.15, 0.2) is 0 Å². The number of nitrogens with one attached hydrogen (secondary N) is 1. The summed E-state index contributed by atoms with van der Waals surface area (Å²) in [4.78, 5) is 33.4. The molecule has 1 aromatic carbocycles. The number of carbonyl (C=O) groups is 3. The van der Waals surface area contributed by atoms with Crippen molar-refractivity contribution in [3.8, 4) is 5.75 Å². The Balaban J connectivity index is 2.33. The Hall–Kier alpha value is -1.70. The van der Waals surface area contributed by atoms with Crippen LogP contribution in [0.2, 0.25) is 0 Å². The minimum atomic E-state index is -1.85. The third-order valence-electron chi connectivity index (χ3n) is 1.69. The number of alkyl halides is 3. The number of amides is 2. The van der Waals surface area contributed by atoms with Crippen molar-refractivity contribution in [2.45, 2.75) is 3.79 Å². The smallest absolute Gasteiger partial charge is 0.429 e. The molecule has 7 nitrogen and oxygen atoms in total. The highest BCUT2D eigenvalue weighted by atomic mass is 35.6. The van der Waals surface area contributed by atoms with Crippen LogP contribution in [0.25, 0.3) is 0 Å². The molecule has 1 aromatic rings. The maximum absolute atomic E-state index is 11.3. The van der Waals surface area contributed by atoms with E-state index in [2.05, 4.69) is 9.47 Å². The SMILES string of the molecule is O=C(NC(=O)Oc1ccccc1)OC(=O)OCC(Cl)(Cl)Cl. The van der Waals surface area contributed by atoms with E-state index >= 15 is 0 Å². The molecule has 0 fully saturated rings. The number of halogens is 3. The molecular weight excluding hydrogens is 348 g/mol. The lowest BCUT2D eigenvalue weighted by atomic mass is 10.3. The zero-order chi connectivity index (χ0) is 15.9. The van der Waals surface area contributed by atoms with Crippen molar-refractivity contribution < 1.29 is 28.6 Å². The van der Waals surface area contributed by atoms with Crippen LogP contribution < -0.4 is 10.1 Å². The number of hydrogen-bond acceptors (Lipinski definition) is 6. The highest BCUT2D eigenvalue weighted by Gasteiger charge is 2.24. The molecule has 0 saturated heterocycles. The van der Waals surface area contributed by atoms with Gasteiger partial charge in [-0.15, -0.1) is 0 Å². The Kier molecular flexibility index (Phi) is 6.54. The van der Waals surface area contributed by atoms with Gasteiger partial charge in [0.25, 0.3) is 0 Å². The topological polar surface area (TPSA) is 90.9 Å². The van der Waals surface area contributed by atoms with Crippen molar-refractivity contribution in [3.63, 3.8) is 0 Å². The Labute approximate surface area is 134 Å². The van der Waals surface area contributed by atoms with Gasteiger partial charge in [0.05, 0.1) is 0 Å². The standard InChI is InChI=1S/C11H8Cl3NO6/c12-11(13,14)6-19-10(18)21-9(17)15-8(16)20-7-4-2-1-3-5-7/h1-5H,6H2,(H,15,16,17). The van der Waals surface area contributed by atoms with E-state index in [1.54, 1.807) is 23.5 Å². The van der Waals surface area contributed by atoms with Crippen LogP contribution in [-0.2, 0) is 9.47 Å². The number of imide groups is 1. The first-order valence-corrected chi connectivity index (χ1v) is 6.39. The first-order chi connectivity index (χ1) is 9.76. The predicted molar refractivity (Wildman–Crippen MR) is 73.7 cm³/mol. The van der Waals surface area contributed by atoms with Crippen molar-refractivity contribution >= 4 is 53.1 Å². The highest BCUT2D eigenvalue weighted by molar-refractivity contribution is 6.67. The van der Waals surface area contributed by atoms with Gasteiger partial charge >= 0.3 is 18.3 Å². The number of ether oxygens (including phenoxy) is 3. The van der Waals surface area contributed by atoms with Gasteiger partial charge in [-0.2, -0.15) is 0 Å². The van der Waals surface area contributed by atoms with E-state index in [4.69, 9.17) is 39.5 Å². The zero-order valence-corrected chi connectivity index (χ0v) is 12.4. The van der Waals surface area contributed by atoms with Crippen molar-refractivity contribution in [1.29, 1.82) is 0 Å². The summed E-state index contributed by atoms with van der Waals surface area (Å²) in [7, 11) is 0. The van der Waals surface area contributed by atoms with Crippen LogP contribution in [0.1, 0.15) is 0 Å². The highest BCUT2D eigenvalue weighted by Crippen LogP contribution is 2.25. The van der Waals surface area contributed by atoms with E-state index in [0.717, 1.165) is 0 Å². The van der Waals surface area contributed by atoms with Crippen LogP contribution in [-0.4, -0.2) is 28.7 Å². The molecule has 1 rings (SSSR count). The lowest BCUT2D eigenvalue weighted by molar-refractivity contribution is 0.0766. The van der Waals surface area contributed by atoms with E-state index in [9.17, 15) is 14.4 Å². The maximum Gasteiger partial charge on any atom is 0.517 e. The van der Waals surface area contributed by atoms with Gasteiger partial charge in [0.1, 0.15) is 12.4 Å². The molecule has 1 N–H and O–H groups in total. The van der Waals surface area contributed by atoms with Crippen molar-refractivity contribution in [3.05, 3.63) is 30.3 Å². The monoisotopic (exact) mass is 355 g/mol. The summed E-state index contributed by atoms with van der Waals surface area (Å²) in [5, 5.41) is 1.63. The van der Waals surface area contributed by atoms with Gasteiger partial charge in [0, 0.05) is 0 Å². The average Bonchev–Trinajstić information content (AvgIpc) is 2.36. The molecule has 0 heterocycles. The van der Waals surface area contributed by atoms with Crippen LogP contribution in [0.15, 0.2) is 30.3 Å². The number of para-hydroxylation sites is 1. The van der Waals surface area contributed by atoms with Crippen LogP contribution in [0.5, 0.6) is 5.75 Å². The first-order valence-electron chi connectivity index (χ1n) is 5.25. The van der Waals surface area contributed by atoms with Gasteiger partial charge < -0.3 is 14.2 Å². The predicted octanol–water partition coefficient (Wildman–Crippen LogP) is 3.42. The van der Waals surface area contributed by atoms with Gasteiger partial charge in [-0.25, -0.2) is 19.7 Å². The first kappa shape index (κ1) is 17.4. The molecule has 0 aliphatic rings. The average molecular weight is 357 g/mol. The largest absolute Gasteiger partial charge is 0.517 e. The Morgan fingerprint density at radius 2 is 1.67 bits per heavy atom. The minimum Gasteiger partial charge on any atom is -0.429 e. The molecule has 2 amide bonds. The fourth-order valence-corrected chi connectivity index (χ4v) is 1.14. The van der Waals surface area contributed by atoms with E-state index in [-0.39, 0.29) is 5.75 Å². The normalized spacial score (nSPS) is 10.4. The Morgan fingerprint density at radius 1 is 1.05 bits per heavy atom. The zero-order valence-electron chi connectivity index (χ0n) is 10.2. The molecular formula is C11H8Cl3NO6. The molecule has 0 unspecified atom stereocenters. The summed E-state index contributed by atoms with van der Waals surface area (Å²) < 4.78 is 11.2. The molecule has 0 aliphatic heterocycles. The summed E-state index contributed by atoms with van der Waals surface area (Å²) in [6.45, 7) is -0.627. The van der Waals surface area contributed by atoms with E-state index < -0.39 is 28.7 Å². The maximum atomic E-state index is 11.3. The molecule has 0 bridgehead atoms. The number of hydrogen-bond donors (Lipinski definition) is 1. The summed E-state index contributed by atoms with van der Waals surface area (Å²) in [6, 6.07) is 7.92. The fraction of sp³-hybridized carbons (Fsp3) is 0.182. The fourth-order valence-electron chi connectivity index (χ4n) is 0.976. The van der Waals surface area contributed by atoms with Gasteiger partial charge in [0.2, 0.25) is 3.79 Å². The Morgan fingerprint density at radius 3 is 2.24 bits per heavy atom. The molecule has 10 heteroatoms. The summed E-state index contributed by atoms with van der Waals surface area (Å²) >= 11 is 15.9. The molecule has 21 heavy (non-hydrogen) atoms. The third kappa shape index (κ3) is 8.23. The second kappa shape index (κ2) is 7.92. The van der Waals surface area contributed by atoms with Gasteiger partial charge in [-0.05, 0) is 12.1 Å². The molecule has 0 atom stereocenters. The minimum absolute atomic E-state index is 0.196. The number of alkyl carbamates (subject to hydrolysis) is 1. The number of carbonyl (C=O) groups excluding carboxylic acids is 3. The van der Waals surface area contributed by atoms with Crippen molar-refractivity contribution in [1.82, 2.24) is 5.32 Å². The summed E-state index contributed by atoms with van der Waals surface area (Å²) in [6.07, 6.45) is -3.98. The molecule has 0 aromatic heterocycles. The van der Waals surface area contributed by atoms with Crippen LogP contribution in [0.4, 0.5) is 14.4 Å². The van der Waals surface area contributed by atoms with Crippen molar-refractivity contribution in [2.75, 3.05) is 6.61 Å². The van der Waals surface area contributed by atoms with Crippen LogP contribution >= 0.6 is 34.8 Å². The van der Waals surface area contributed by atoms with Crippen molar-refractivity contribution in [2.24, 2.45) is 0 Å². The molecule has 0 aliphatic carbocycles. The van der Waals surface area contributed by atoms with Gasteiger partial charge in [-0.1, -0.05) is 53.0 Å². The molecule has 114 valence electrons. The molecule has 0 spiro atoms. The van der Waals surface area contributed by atoms with E-state index in [1.165, 1.54) is 12.1 Å². The lowest BCUT2D eigenvalue weighted by Crippen LogP contribution is -2.35. The molecule has 0 saturated carbocycles. The summed E-state index contributed by atoms with van der Waals surface area (Å²) in [5.74, 6) is 0.196. The van der Waals surface area contributed by atoms with Crippen LogP contribution in [0, 0.1) is 0 Å². The Bertz CT molecular complexity index is 516. The number of benzene rings is 1. The van der Waals surface area contributed by atoms with E-state index in [1.807, 2.05) is 0 Å². The van der Waals surface area contributed by atoms with Gasteiger partial charge in [-0.3, -0.25) is 0 Å². The quantitative estimate of drug-likeness (QED) is 0.496. The molecule has 0 radical (unpaired) electrons. The van der Waals surface area contributed by atoms with E-state index in [0.29, 0.717) is 0 Å². The lowest BCUT2D eigenvalue weighted by Gasteiger charge is -2.10. The second-order valence-corrected chi connectivity index (χ2v) is 5.89. The second-order valence-electron chi connectivity index (χ2n) is 3.37.